The van der Waals surface area contributed by atoms with Crippen molar-refractivity contribution in [3.05, 3.63) is 0 Å². The lowest BCUT2D eigenvalue weighted by Gasteiger charge is -2.30. The highest BCUT2D eigenvalue weighted by Gasteiger charge is 2.40. The second-order valence-corrected chi connectivity index (χ2v) is 6.67. The lowest BCUT2D eigenvalue weighted by molar-refractivity contribution is -0.148. The minimum Gasteiger partial charge on any atom is -0.468 e. The van der Waals surface area contributed by atoms with Gasteiger partial charge in [0.15, 0.2) is 0 Å². The van der Waals surface area contributed by atoms with E-state index < -0.39 is 5.54 Å². The molecule has 4 heteroatoms. The molecule has 17 heavy (non-hydrogen) atoms. The molecule has 0 spiro atoms. The number of carbonyl (C=O) groups excluding carboxylic acids is 1. The lowest BCUT2D eigenvalue weighted by atomic mass is 9.96. The fourth-order valence-electron chi connectivity index (χ4n) is 2.06. The number of hydrogen-bond donors (Lipinski definition) is 1. The maximum atomic E-state index is 11.9. The zero-order valence-electron chi connectivity index (χ0n) is 11.4. The van der Waals surface area contributed by atoms with E-state index in [-0.39, 0.29) is 5.97 Å². The number of esters is 1. The van der Waals surface area contributed by atoms with Gasteiger partial charge in [0.05, 0.1) is 7.11 Å². The summed E-state index contributed by atoms with van der Waals surface area (Å²) in [6, 6.07) is 0.516. The molecule has 0 bridgehead atoms. The van der Waals surface area contributed by atoms with Crippen molar-refractivity contribution in [2.75, 3.05) is 12.9 Å². The minimum absolute atomic E-state index is 0.131. The van der Waals surface area contributed by atoms with Gasteiger partial charge in [0.25, 0.3) is 0 Å². The Balaban J connectivity index is 2.52. The highest BCUT2D eigenvalue weighted by molar-refractivity contribution is 7.99. The first-order chi connectivity index (χ1) is 8.01. The molecule has 0 saturated heterocycles. The largest absolute Gasteiger partial charge is 0.468 e. The Hall–Kier alpha value is -0.220. The predicted octanol–water partition coefficient (Wildman–Crippen LogP) is 2.59. The van der Waals surface area contributed by atoms with E-state index in [1.54, 1.807) is 0 Å². The fraction of sp³-hybridized carbons (Fsp3) is 0.923. The molecule has 1 rings (SSSR count). The summed E-state index contributed by atoms with van der Waals surface area (Å²) in [6.07, 6.45) is 4.38. The van der Waals surface area contributed by atoms with Crippen LogP contribution in [-0.2, 0) is 9.53 Å². The van der Waals surface area contributed by atoms with Crippen molar-refractivity contribution in [1.29, 1.82) is 0 Å². The summed E-state index contributed by atoms with van der Waals surface area (Å²) in [4.78, 5) is 11.9. The molecule has 0 aliphatic heterocycles. The fourth-order valence-corrected chi connectivity index (χ4v) is 3.15. The van der Waals surface area contributed by atoms with Crippen molar-refractivity contribution < 1.29 is 9.53 Å². The van der Waals surface area contributed by atoms with E-state index in [1.807, 2.05) is 18.7 Å². The number of methoxy groups -OCH3 is 1. The van der Waals surface area contributed by atoms with Gasteiger partial charge in [-0.3, -0.25) is 10.1 Å². The predicted molar refractivity (Wildman–Crippen MR) is 73.4 cm³/mol. The Morgan fingerprint density at radius 3 is 2.71 bits per heavy atom. The average molecular weight is 259 g/mol. The van der Waals surface area contributed by atoms with Gasteiger partial charge in [-0.2, -0.15) is 11.8 Å². The molecular weight excluding hydrogens is 234 g/mol. The first-order valence-corrected chi connectivity index (χ1v) is 7.54. The minimum atomic E-state index is -0.518. The molecule has 0 amide bonds. The molecule has 2 atom stereocenters. The standard InChI is InChI=1S/C13H25NO2S/c1-5-8-17-10(2)9-13(3,12(15)16-4)14-11-6-7-11/h10-11,14H,5-9H2,1-4H3. The zero-order chi connectivity index (χ0) is 12.9. The molecule has 0 radical (unpaired) electrons. The van der Waals surface area contributed by atoms with Gasteiger partial charge in [-0.25, -0.2) is 0 Å². The maximum Gasteiger partial charge on any atom is 0.325 e. The van der Waals surface area contributed by atoms with Crippen LogP contribution in [0.5, 0.6) is 0 Å². The summed E-state index contributed by atoms with van der Waals surface area (Å²) in [5, 5.41) is 3.91. The van der Waals surface area contributed by atoms with E-state index in [1.165, 1.54) is 26.4 Å². The summed E-state index contributed by atoms with van der Waals surface area (Å²) >= 11 is 1.93. The molecule has 1 fully saturated rings. The number of nitrogens with one attached hydrogen (secondary N) is 1. The molecule has 0 heterocycles. The van der Waals surface area contributed by atoms with E-state index in [9.17, 15) is 4.79 Å². The zero-order valence-corrected chi connectivity index (χ0v) is 12.2. The summed E-state index contributed by atoms with van der Waals surface area (Å²) in [6.45, 7) is 6.35. The molecule has 3 nitrogen and oxygen atoms in total. The van der Waals surface area contributed by atoms with E-state index in [2.05, 4.69) is 19.2 Å². The first kappa shape index (κ1) is 14.8. The van der Waals surface area contributed by atoms with Crippen LogP contribution in [0.25, 0.3) is 0 Å². The van der Waals surface area contributed by atoms with Gasteiger partial charge in [-0.15, -0.1) is 0 Å². The third-order valence-electron chi connectivity index (χ3n) is 3.04. The van der Waals surface area contributed by atoms with Crippen LogP contribution in [0.3, 0.4) is 0 Å². The lowest BCUT2D eigenvalue weighted by Crippen LogP contribution is -2.52. The Labute approximate surface area is 109 Å². The molecule has 1 saturated carbocycles. The van der Waals surface area contributed by atoms with Crippen LogP contribution in [0.1, 0.15) is 46.5 Å². The number of carbonyl (C=O) groups is 1. The summed E-state index contributed by atoms with van der Waals surface area (Å²) in [5.41, 5.74) is -0.518. The van der Waals surface area contributed by atoms with Gasteiger partial charge in [0.1, 0.15) is 5.54 Å². The highest BCUT2D eigenvalue weighted by Crippen LogP contribution is 2.28. The molecule has 0 aromatic heterocycles. The Morgan fingerprint density at radius 1 is 1.59 bits per heavy atom. The quantitative estimate of drug-likeness (QED) is 0.680. The van der Waals surface area contributed by atoms with Crippen LogP contribution in [-0.4, -0.2) is 35.7 Å². The number of hydrogen-bond acceptors (Lipinski definition) is 4. The van der Waals surface area contributed by atoms with Gasteiger partial charge >= 0.3 is 5.97 Å². The van der Waals surface area contributed by atoms with Crippen molar-refractivity contribution >= 4 is 17.7 Å². The Kier molecular flexibility index (Phi) is 5.80. The van der Waals surface area contributed by atoms with Crippen LogP contribution < -0.4 is 5.32 Å². The van der Waals surface area contributed by atoms with Crippen LogP contribution in [0.4, 0.5) is 0 Å². The number of rotatable bonds is 8. The molecule has 0 aromatic rings. The van der Waals surface area contributed by atoms with Gasteiger partial charge in [-0.1, -0.05) is 13.8 Å². The molecule has 1 aliphatic rings. The van der Waals surface area contributed by atoms with Gasteiger partial charge in [0, 0.05) is 11.3 Å². The smallest absolute Gasteiger partial charge is 0.325 e. The summed E-state index contributed by atoms with van der Waals surface area (Å²) < 4.78 is 4.94. The van der Waals surface area contributed by atoms with Crippen molar-refractivity contribution in [3.8, 4) is 0 Å². The normalized spacial score (nSPS) is 20.7. The van der Waals surface area contributed by atoms with E-state index in [4.69, 9.17) is 4.74 Å². The SMILES string of the molecule is CCCSC(C)CC(C)(NC1CC1)C(=O)OC. The van der Waals surface area contributed by atoms with E-state index >= 15 is 0 Å². The first-order valence-electron chi connectivity index (χ1n) is 6.49. The average Bonchev–Trinajstić information content (AvgIpc) is 3.08. The maximum absolute atomic E-state index is 11.9. The third-order valence-corrected chi connectivity index (χ3v) is 4.42. The van der Waals surface area contributed by atoms with Crippen molar-refractivity contribution in [1.82, 2.24) is 5.32 Å². The summed E-state index contributed by atoms with van der Waals surface area (Å²) in [5.74, 6) is 1.02. The Bertz CT molecular complexity index is 256. The second kappa shape index (κ2) is 6.64. The van der Waals surface area contributed by atoms with Gasteiger partial charge in [-0.05, 0) is 38.4 Å². The molecule has 100 valence electrons. The molecule has 2 unspecified atom stereocenters. The monoisotopic (exact) mass is 259 g/mol. The van der Waals surface area contributed by atoms with Gasteiger partial charge in [0.2, 0.25) is 0 Å². The van der Waals surface area contributed by atoms with Crippen LogP contribution in [0, 0.1) is 0 Å². The molecule has 0 aromatic carbocycles. The van der Waals surface area contributed by atoms with E-state index in [0.717, 1.165) is 12.2 Å². The topological polar surface area (TPSA) is 38.3 Å². The Morgan fingerprint density at radius 2 is 2.24 bits per heavy atom. The van der Waals surface area contributed by atoms with Gasteiger partial charge < -0.3 is 4.74 Å². The van der Waals surface area contributed by atoms with E-state index in [0.29, 0.717) is 11.3 Å². The molecular formula is C13H25NO2S. The highest BCUT2D eigenvalue weighted by atomic mass is 32.2. The van der Waals surface area contributed by atoms with Crippen LogP contribution in [0.2, 0.25) is 0 Å². The second-order valence-electron chi connectivity index (χ2n) is 5.13. The molecule has 1 N–H and O–H groups in total. The van der Waals surface area contributed by atoms with Crippen molar-refractivity contribution in [3.63, 3.8) is 0 Å². The number of thioether (sulfide) groups is 1. The molecule has 1 aliphatic carbocycles. The number of ether oxygens (including phenoxy) is 1. The summed E-state index contributed by atoms with van der Waals surface area (Å²) in [7, 11) is 1.47. The van der Waals surface area contributed by atoms with Crippen LogP contribution >= 0.6 is 11.8 Å². The van der Waals surface area contributed by atoms with Crippen molar-refractivity contribution in [2.45, 2.75) is 63.3 Å². The third kappa shape index (κ3) is 4.88. The van der Waals surface area contributed by atoms with Crippen LogP contribution in [0.15, 0.2) is 0 Å². The van der Waals surface area contributed by atoms with Crippen molar-refractivity contribution in [2.24, 2.45) is 0 Å².